The number of carbonyl (C=O) groups excluding carboxylic acids is 1. The second-order valence-corrected chi connectivity index (χ2v) is 3.80. The summed E-state index contributed by atoms with van der Waals surface area (Å²) in [7, 11) is 1.50. The van der Waals surface area contributed by atoms with Gasteiger partial charge in [-0.25, -0.2) is 9.78 Å². The Kier molecular flexibility index (Phi) is 2.92. The van der Waals surface area contributed by atoms with Crippen LogP contribution in [0.3, 0.4) is 0 Å². The molecule has 2 aromatic heterocycles. The molecule has 2 aromatic rings. The number of hydrogen-bond donors (Lipinski definition) is 2. The maximum atomic E-state index is 12.0. The van der Waals surface area contributed by atoms with Gasteiger partial charge in [-0.2, -0.15) is 15.2 Å². The van der Waals surface area contributed by atoms with Crippen molar-refractivity contribution in [1.29, 1.82) is 0 Å². The van der Waals surface area contributed by atoms with Gasteiger partial charge >= 0.3 is 0 Å². The van der Waals surface area contributed by atoms with Crippen molar-refractivity contribution in [1.82, 2.24) is 25.0 Å². The molecule has 8 nitrogen and oxygen atoms in total. The normalized spacial score (nSPS) is 10.4. The third-order valence-corrected chi connectivity index (χ3v) is 2.60. The Bertz CT molecular complexity index is 643. The molecule has 0 aliphatic rings. The van der Waals surface area contributed by atoms with E-state index in [0.717, 1.165) is 4.68 Å². The molecular weight excluding hydrogens is 236 g/mol. The van der Waals surface area contributed by atoms with Crippen LogP contribution >= 0.6 is 0 Å². The quantitative estimate of drug-likeness (QED) is 0.763. The molecule has 94 valence electrons. The van der Waals surface area contributed by atoms with E-state index in [0.29, 0.717) is 11.3 Å². The Morgan fingerprint density at radius 3 is 2.78 bits per heavy atom. The summed E-state index contributed by atoms with van der Waals surface area (Å²) in [5.41, 5.74) is 0.784. The van der Waals surface area contributed by atoms with Gasteiger partial charge in [-0.3, -0.25) is 14.9 Å². The summed E-state index contributed by atoms with van der Waals surface area (Å²) in [6.07, 6.45) is 1.26. The lowest BCUT2D eigenvalue weighted by atomic mass is 10.1. The van der Waals surface area contributed by atoms with E-state index in [4.69, 9.17) is 0 Å². The molecule has 0 aliphatic heterocycles. The number of aryl methyl sites for hydroxylation is 2. The van der Waals surface area contributed by atoms with Gasteiger partial charge in [-0.05, 0) is 19.4 Å². The number of nitrogens with zero attached hydrogens (tertiary/aromatic N) is 4. The van der Waals surface area contributed by atoms with Gasteiger partial charge in [0.25, 0.3) is 11.5 Å². The van der Waals surface area contributed by atoms with Crippen LogP contribution in [0.4, 0.5) is 5.95 Å². The van der Waals surface area contributed by atoms with E-state index < -0.39 is 11.5 Å². The molecule has 0 fully saturated rings. The molecule has 0 bridgehead atoms. The second kappa shape index (κ2) is 4.40. The molecule has 0 radical (unpaired) electrons. The average Bonchev–Trinajstić information content (AvgIpc) is 2.79. The average molecular weight is 248 g/mol. The van der Waals surface area contributed by atoms with E-state index >= 15 is 0 Å². The van der Waals surface area contributed by atoms with E-state index in [1.807, 2.05) is 0 Å². The van der Waals surface area contributed by atoms with Crippen LogP contribution in [0.15, 0.2) is 11.1 Å². The lowest BCUT2D eigenvalue weighted by Crippen LogP contribution is -2.31. The lowest BCUT2D eigenvalue weighted by molar-refractivity contribution is 0.102. The predicted octanol–water partition coefficient (Wildman–Crippen LogP) is -0.232. The number of hydrogen-bond acceptors (Lipinski definition) is 5. The van der Waals surface area contributed by atoms with E-state index in [-0.39, 0.29) is 11.5 Å². The number of anilines is 1. The molecule has 0 spiro atoms. The van der Waals surface area contributed by atoms with Gasteiger partial charge in [0.05, 0.1) is 5.69 Å². The number of H-pyrrole nitrogens is 1. The van der Waals surface area contributed by atoms with Crippen LogP contribution in [0, 0.1) is 13.8 Å². The number of nitrogens with one attached hydrogen (secondary N) is 2. The largest absolute Gasteiger partial charge is 0.291 e. The molecule has 2 N–H and O–H groups in total. The molecule has 0 saturated carbocycles. The van der Waals surface area contributed by atoms with E-state index in [1.165, 1.54) is 13.4 Å². The first-order chi connectivity index (χ1) is 8.50. The highest BCUT2D eigenvalue weighted by atomic mass is 16.2. The van der Waals surface area contributed by atoms with Gasteiger partial charge in [0, 0.05) is 7.05 Å². The standard InChI is InChI=1S/C10H12N6O2/c1-5-6(2)15-16(3)9(18)7(5)8(17)13-10-11-4-12-14-10/h4H,1-3H3,(H2,11,12,13,14,17). The van der Waals surface area contributed by atoms with Crippen LogP contribution in [0.25, 0.3) is 0 Å². The molecule has 2 heterocycles. The Morgan fingerprint density at radius 2 is 2.17 bits per heavy atom. The van der Waals surface area contributed by atoms with Gasteiger partial charge in [0.1, 0.15) is 11.9 Å². The van der Waals surface area contributed by atoms with Gasteiger partial charge in [0.2, 0.25) is 5.95 Å². The summed E-state index contributed by atoms with van der Waals surface area (Å²) in [4.78, 5) is 27.7. The van der Waals surface area contributed by atoms with Gasteiger partial charge in [0.15, 0.2) is 0 Å². The first kappa shape index (κ1) is 12.0. The van der Waals surface area contributed by atoms with E-state index in [2.05, 4.69) is 25.6 Å². The topological polar surface area (TPSA) is 106 Å². The minimum Gasteiger partial charge on any atom is -0.291 e. The molecule has 1 amide bonds. The maximum Gasteiger partial charge on any atom is 0.279 e. The molecule has 2 rings (SSSR count). The van der Waals surface area contributed by atoms with Crippen molar-refractivity contribution in [3.05, 3.63) is 33.5 Å². The summed E-state index contributed by atoms with van der Waals surface area (Å²) in [5.74, 6) is -0.341. The highest BCUT2D eigenvalue weighted by Gasteiger charge is 2.18. The summed E-state index contributed by atoms with van der Waals surface area (Å²) >= 11 is 0. The number of aromatic nitrogens is 5. The summed E-state index contributed by atoms with van der Waals surface area (Å²) in [5, 5.41) is 12.6. The highest BCUT2D eigenvalue weighted by molar-refractivity contribution is 6.04. The molecule has 18 heavy (non-hydrogen) atoms. The minimum absolute atomic E-state index is 0.0569. The van der Waals surface area contributed by atoms with Crippen molar-refractivity contribution in [2.75, 3.05) is 5.32 Å². The van der Waals surface area contributed by atoms with Crippen molar-refractivity contribution in [2.45, 2.75) is 13.8 Å². The smallest absolute Gasteiger partial charge is 0.279 e. The first-order valence-electron chi connectivity index (χ1n) is 5.22. The minimum atomic E-state index is -0.532. The van der Waals surface area contributed by atoms with Crippen LogP contribution in [0.1, 0.15) is 21.6 Å². The summed E-state index contributed by atoms with van der Waals surface area (Å²) in [6, 6.07) is 0. The zero-order valence-corrected chi connectivity index (χ0v) is 10.2. The Labute approximate surface area is 102 Å². The third kappa shape index (κ3) is 1.99. The van der Waals surface area contributed by atoms with E-state index in [9.17, 15) is 9.59 Å². The van der Waals surface area contributed by atoms with Crippen molar-refractivity contribution in [3.8, 4) is 0 Å². The number of carbonyl (C=O) groups is 1. The van der Waals surface area contributed by atoms with Crippen LogP contribution in [0.5, 0.6) is 0 Å². The van der Waals surface area contributed by atoms with Crippen LogP contribution in [-0.2, 0) is 7.05 Å². The van der Waals surface area contributed by atoms with Crippen molar-refractivity contribution in [3.63, 3.8) is 0 Å². The van der Waals surface area contributed by atoms with Crippen molar-refractivity contribution in [2.24, 2.45) is 7.05 Å². The molecule has 8 heteroatoms. The van der Waals surface area contributed by atoms with Gasteiger partial charge < -0.3 is 0 Å². The first-order valence-corrected chi connectivity index (χ1v) is 5.22. The van der Waals surface area contributed by atoms with E-state index in [1.54, 1.807) is 13.8 Å². The van der Waals surface area contributed by atoms with Gasteiger partial charge in [-0.1, -0.05) is 0 Å². The second-order valence-electron chi connectivity index (χ2n) is 3.80. The number of aromatic amines is 1. The third-order valence-electron chi connectivity index (χ3n) is 2.60. The van der Waals surface area contributed by atoms with Crippen LogP contribution < -0.4 is 10.9 Å². The fraction of sp³-hybridized carbons (Fsp3) is 0.300. The molecule has 0 aromatic carbocycles. The Hall–Kier alpha value is -2.51. The fourth-order valence-corrected chi connectivity index (χ4v) is 1.55. The number of rotatable bonds is 2. The van der Waals surface area contributed by atoms with Crippen molar-refractivity contribution < 1.29 is 4.79 Å². The molecule has 0 aliphatic carbocycles. The SMILES string of the molecule is Cc1nn(C)c(=O)c(C(=O)Nc2ncn[nH]2)c1C. The predicted molar refractivity (Wildman–Crippen MR) is 63.3 cm³/mol. The Balaban J connectivity index is 2.45. The zero-order valence-electron chi connectivity index (χ0n) is 10.2. The maximum absolute atomic E-state index is 12.0. The lowest BCUT2D eigenvalue weighted by Gasteiger charge is -2.08. The molecule has 0 saturated heterocycles. The Morgan fingerprint density at radius 1 is 1.44 bits per heavy atom. The molecular formula is C10H12N6O2. The highest BCUT2D eigenvalue weighted by Crippen LogP contribution is 2.07. The summed E-state index contributed by atoms with van der Waals surface area (Å²) < 4.78 is 1.14. The van der Waals surface area contributed by atoms with Crippen molar-refractivity contribution >= 4 is 11.9 Å². The van der Waals surface area contributed by atoms with Crippen LogP contribution in [-0.4, -0.2) is 30.9 Å². The summed E-state index contributed by atoms with van der Waals surface area (Å²) in [6.45, 7) is 3.42. The molecule has 0 unspecified atom stereocenters. The molecule has 0 atom stereocenters. The monoisotopic (exact) mass is 248 g/mol. The number of amides is 1. The zero-order chi connectivity index (χ0) is 13.3. The van der Waals surface area contributed by atoms with Crippen LogP contribution in [0.2, 0.25) is 0 Å². The fourth-order valence-electron chi connectivity index (χ4n) is 1.55. The van der Waals surface area contributed by atoms with Gasteiger partial charge in [-0.15, -0.1) is 0 Å².